The van der Waals surface area contributed by atoms with Crippen LogP contribution in [0.15, 0.2) is 29.2 Å². The summed E-state index contributed by atoms with van der Waals surface area (Å²) in [4.78, 5) is 24.1. The highest BCUT2D eigenvalue weighted by Gasteiger charge is 2.32. The zero-order valence-electron chi connectivity index (χ0n) is 17.1. The number of hydrogen-bond acceptors (Lipinski definition) is 7. The second-order valence-corrected chi connectivity index (χ2v) is 9.05. The van der Waals surface area contributed by atoms with Crippen LogP contribution in [0.2, 0.25) is 0 Å². The molecule has 29 heavy (non-hydrogen) atoms. The van der Waals surface area contributed by atoms with Gasteiger partial charge in [-0.1, -0.05) is 6.07 Å². The summed E-state index contributed by atoms with van der Waals surface area (Å²) < 4.78 is 42.7. The molecule has 0 aliphatic carbocycles. The van der Waals surface area contributed by atoms with Gasteiger partial charge in [0, 0.05) is 26.2 Å². The van der Waals surface area contributed by atoms with Crippen molar-refractivity contribution in [1.82, 2.24) is 9.62 Å². The number of carbonyl (C=O) groups is 2. The van der Waals surface area contributed by atoms with Gasteiger partial charge in [0.05, 0.1) is 29.3 Å². The molecule has 1 aromatic carbocycles. The summed E-state index contributed by atoms with van der Waals surface area (Å²) in [5.41, 5.74) is 0.0539. The summed E-state index contributed by atoms with van der Waals surface area (Å²) >= 11 is 0. The third-order valence-electron chi connectivity index (χ3n) is 4.25. The van der Waals surface area contributed by atoms with Crippen LogP contribution in [-0.4, -0.2) is 76.3 Å². The van der Waals surface area contributed by atoms with Crippen molar-refractivity contribution < 1.29 is 32.2 Å². The Hall–Kier alpha value is -2.01. The molecule has 9 nitrogen and oxygen atoms in total. The number of sulfonamides is 1. The van der Waals surface area contributed by atoms with Crippen LogP contribution in [0.3, 0.4) is 0 Å². The van der Waals surface area contributed by atoms with Crippen molar-refractivity contribution in [3.05, 3.63) is 29.8 Å². The van der Waals surface area contributed by atoms with Crippen molar-refractivity contribution >= 4 is 21.9 Å². The predicted molar refractivity (Wildman–Crippen MR) is 105 cm³/mol. The van der Waals surface area contributed by atoms with Gasteiger partial charge in [0.2, 0.25) is 10.0 Å². The first-order chi connectivity index (χ1) is 13.6. The zero-order valence-corrected chi connectivity index (χ0v) is 17.9. The molecule has 3 atom stereocenters. The van der Waals surface area contributed by atoms with Gasteiger partial charge < -0.3 is 19.5 Å². The molecular formula is C19H28N2O7S. The van der Waals surface area contributed by atoms with Crippen molar-refractivity contribution in [1.29, 1.82) is 0 Å². The Bertz CT molecular complexity index is 818. The van der Waals surface area contributed by atoms with Crippen LogP contribution in [0.25, 0.3) is 0 Å². The monoisotopic (exact) mass is 428 g/mol. The van der Waals surface area contributed by atoms with E-state index in [9.17, 15) is 18.0 Å². The molecule has 2 rings (SSSR count). The normalized spacial score (nSPS) is 21.4. The summed E-state index contributed by atoms with van der Waals surface area (Å²) in [6.07, 6.45) is -0.443. The number of hydrogen-bond donors (Lipinski definition) is 1. The fourth-order valence-corrected chi connectivity index (χ4v) is 4.72. The molecule has 0 spiro atoms. The fraction of sp³-hybridized carbons (Fsp3) is 0.579. The minimum Gasteiger partial charge on any atom is -0.452 e. The highest BCUT2D eigenvalue weighted by atomic mass is 32.2. The van der Waals surface area contributed by atoms with Gasteiger partial charge in [0.1, 0.15) is 0 Å². The number of rotatable bonds is 8. The van der Waals surface area contributed by atoms with Gasteiger partial charge in [-0.15, -0.1) is 0 Å². The number of nitrogens with one attached hydrogen (secondary N) is 1. The van der Waals surface area contributed by atoms with E-state index in [1.807, 2.05) is 13.8 Å². The third kappa shape index (κ3) is 6.49. The van der Waals surface area contributed by atoms with E-state index in [0.29, 0.717) is 6.61 Å². The maximum Gasteiger partial charge on any atom is 0.338 e. The molecule has 0 saturated carbocycles. The molecule has 1 N–H and O–H groups in total. The topological polar surface area (TPSA) is 111 Å². The standard InChI is InChI=1S/C19H28N2O7S/c1-13(11-26-4)20-18(22)12-27-19(23)16-6-5-7-17(8-16)29(24,25)21-9-14(2)28-15(3)10-21/h5-8,13-15H,9-12H2,1-4H3,(H,20,22). The van der Waals surface area contributed by atoms with E-state index in [0.717, 1.165) is 0 Å². The van der Waals surface area contributed by atoms with E-state index in [4.69, 9.17) is 14.2 Å². The van der Waals surface area contributed by atoms with Crippen LogP contribution in [-0.2, 0) is 29.0 Å². The number of esters is 1. The van der Waals surface area contributed by atoms with Gasteiger partial charge in [-0.2, -0.15) is 4.31 Å². The Labute approximate surface area is 171 Å². The molecule has 1 aromatic rings. The van der Waals surface area contributed by atoms with Crippen molar-refractivity contribution in [2.45, 2.75) is 43.9 Å². The molecule has 1 amide bonds. The highest BCUT2D eigenvalue weighted by Crippen LogP contribution is 2.22. The summed E-state index contributed by atoms with van der Waals surface area (Å²) in [7, 11) is -2.27. The Kier molecular flexibility index (Phi) is 8.14. The van der Waals surface area contributed by atoms with E-state index in [2.05, 4.69) is 5.32 Å². The van der Waals surface area contributed by atoms with Crippen molar-refractivity contribution in [2.24, 2.45) is 0 Å². The van der Waals surface area contributed by atoms with Crippen LogP contribution >= 0.6 is 0 Å². The Morgan fingerprint density at radius 3 is 2.55 bits per heavy atom. The number of methoxy groups -OCH3 is 1. The van der Waals surface area contributed by atoms with E-state index in [1.165, 1.54) is 35.7 Å². The number of nitrogens with zero attached hydrogens (tertiary/aromatic N) is 1. The first-order valence-corrected chi connectivity index (χ1v) is 10.8. The minimum absolute atomic E-state index is 0.00795. The van der Waals surface area contributed by atoms with Crippen LogP contribution in [0.4, 0.5) is 0 Å². The smallest absolute Gasteiger partial charge is 0.338 e. The maximum absolute atomic E-state index is 12.9. The van der Waals surface area contributed by atoms with Gasteiger partial charge in [0.25, 0.3) is 5.91 Å². The molecule has 10 heteroatoms. The first kappa shape index (κ1) is 23.3. The molecule has 1 saturated heterocycles. The largest absolute Gasteiger partial charge is 0.452 e. The summed E-state index contributed by atoms with van der Waals surface area (Å²) in [5, 5.41) is 2.62. The maximum atomic E-state index is 12.9. The lowest BCUT2D eigenvalue weighted by atomic mass is 10.2. The Morgan fingerprint density at radius 1 is 1.28 bits per heavy atom. The molecule has 1 fully saturated rings. The molecule has 1 aliphatic rings. The Morgan fingerprint density at radius 2 is 1.93 bits per heavy atom. The quantitative estimate of drug-likeness (QED) is 0.610. The van der Waals surface area contributed by atoms with Crippen LogP contribution in [0, 0.1) is 0 Å². The van der Waals surface area contributed by atoms with Gasteiger partial charge in [-0.25, -0.2) is 13.2 Å². The molecule has 3 unspecified atom stereocenters. The van der Waals surface area contributed by atoms with Gasteiger partial charge in [0.15, 0.2) is 6.61 Å². The van der Waals surface area contributed by atoms with Crippen molar-refractivity contribution in [3.8, 4) is 0 Å². The van der Waals surface area contributed by atoms with Gasteiger partial charge in [-0.05, 0) is 39.0 Å². The second kappa shape index (κ2) is 10.1. The molecule has 0 radical (unpaired) electrons. The number of benzene rings is 1. The van der Waals surface area contributed by atoms with Crippen molar-refractivity contribution in [3.63, 3.8) is 0 Å². The highest BCUT2D eigenvalue weighted by molar-refractivity contribution is 7.89. The van der Waals surface area contributed by atoms with Crippen molar-refractivity contribution in [2.75, 3.05) is 33.4 Å². The van der Waals surface area contributed by atoms with Crippen LogP contribution < -0.4 is 5.32 Å². The minimum atomic E-state index is -3.79. The van der Waals surface area contributed by atoms with E-state index in [-0.39, 0.29) is 41.8 Å². The van der Waals surface area contributed by atoms with Gasteiger partial charge >= 0.3 is 5.97 Å². The second-order valence-electron chi connectivity index (χ2n) is 7.11. The predicted octanol–water partition coefficient (Wildman–Crippen LogP) is 0.792. The van der Waals surface area contributed by atoms with Crippen LogP contribution in [0.1, 0.15) is 31.1 Å². The zero-order chi connectivity index (χ0) is 21.6. The average molecular weight is 429 g/mol. The molecule has 0 bridgehead atoms. The summed E-state index contributed by atoms with van der Waals surface area (Å²) in [5.74, 6) is -1.25. The van der Waals surface area contributed by atoms with Crippen LogP contribution in [0.5, 0.6) is 0 Å². The molecule has 162 valence electrons. The molecule has 1 heterocycles. The fourth-order valence-electron chi connectivity index (χ4n) is 3.08. The molecule has 0 aromatic heterocycles. The summed E-state index contributed by atoms with van der Waals surface area (Å²) in [6, 6.07) is 5.37. The van der Waals surface area contributed by atoms with E-state index < -0.39 is 28.5 Å². The SMILES string of the molecule is COCC(C)NC(=O)COC(=O)c1cccc(S(=O)(=O)N2CC(C)OC(C)C2)c1. The number of carbonyl (C=O) groups excluding carboxylic acids is 2. The van der Waals surface area contributed by atoms with E-state index >= 15 is 0 Å². The molecule has 1 aliphatic heterocycles. The van der Waals surface area contributed by atoms with E-state index in [1.54, 1.807) is 6.92 Å². The number of amides is 1. The summed E-state index contributed by atoms with van der Waals surface area (Å²) in [6.45, 7) is 5.71. The lowest BCUT2D eigenvalue weighted by molar-refractivity contribution is -0.125. The number of ether oxygens (including phenoxy) is 3. The lowest BCUT2D eigenvalue weighted by Gasteiger charge is -2.34. The number of morpholine rings is 1. The third-order valence-corrected chi connectivity index (χ3v) is 6.08. The van der Waals surface area contributed by atoms with Gasteiger partial charge in [-0.3, -0.25) is 4.79 Å². The Balaban J connectivity index is 2.04. The first-order valence-electron chi connectivity index (χ1n) is 9.34. The average Bonchev–Trinajstić information content (AvgIpc) is 2.65. The lowest BCUT2D eigenvalue weighted by Crippen LogP contribution is -2.48. The molecular weight excluding hydrogens is 400 g/mol.